The van der Waals surface area contributed by atoms with Gasteiger partial charge in [-0.1, -0.05) is 19.3 Å². The van der Waals surface area contributed by atoms with Gasteiger partial charge in [0.2, 0.25) is 0 Å². The van der Waals surface area contributed by atoms with Gasteiger partial charge in [-0.2, -0.15) is 0 Å². The first-order valence-corrected chi connectivity index (χ1v) is 7.17. The van der Waals surface area contributed by atoms with Crippen LogP contribution in [0.15, 0.2) is 0 Å². The normalized spacial score (nSPS) is 18.5. The van der Waals surface area contributed by atoms with Crippen molar-refractivity contribution >= 4 is 0 Å². The fourth-order valence-corrected chi connectivity index (χ4v) is 3.02. The summed E-state index contributed by atoms with van der Waals surface area (Å²) < 4.78 is 5.83. The van der Waals surface area contributed by atoms with E-state index in [0.717, 1.165) is 36.6 Å². The van der Waals surface area contributed by atoms with Crippen LogP contribution in [0, 0.1) is 13.8 Å². The predicted molar refractivity (Wildman–Crippen MR) is 76.0 cm³/mol. The zero-order valence-electron chi connectivity index (χ0n) is 12.5. The molecular formula is C15H25N3O. The molecule has 1 N–H and O–H groups in total. The summed E-state index contributed by atoms with van der Waals surface area (Å²) in [5.74, 6) is 0.879. The molecule has 0 amide bonds. The van der Waals surface area contributed by atoms with Gasteiger partial charge in [0.1, 0.15) is 5.60 Å². The van der Waals surface area contributed by atoms with Crippen molar-refractivity contribution < 1.29 is 4.74 Å². The van der Waals surface area contributed by atoms with Crippen molar-refractivity contribution in [3.8, 4) is 0 Å². The molecule has 0 unspecified atom stereocenters. The van der Waals surface area contributed by atoms with E-state index in [9.17, 15) is 0 Å². The summed E-state index contributed by atoms with van der Waals surface area (Å²) in [4.78, 5) is 9.49. The van der Waals surface area contributed by atoms with Gasteiger partial charge in [-0.05, 0) is 33.7 Å². The highest BCUT2D eigenvalue weighted by Gasteiger charge is 2.37. The molecule has 1 aromatic heterocycles. The lowest BCUT2D eigenvalue weighted by atomic mass is 9.83. The third-order valence-electron chi connectivity index (χ3n) is 4.23. The lowest BCUT2D eigenvalue weighted by Gasteiger charge is -2.35. The van der Waals surface area contributed by atoms with Crippen molar-refractivity contribution in [2.24, 2.45) is 0 Å². The van der Waals surface area contributed by atoms with Crippen molar-refractivity contribution in [1.29, 1.82) is 0 Å². The quantitative estimate of drug-likeness (QED) is 0.907. The Balaban J connectivity index is 2.39. The Bertz CT molecular complexity index is 416. The maximum atomic E-state index is 5.83. The Morgan fingerprint density at radius 3 is 2.16 bits per heavy atom. The van der Waals surface area contributed by atoms with Gasteiger partial charge in [-0.3, -0.25) is 0 Å². The third-order valence-corrected chi connectivity index (χ3v) is 4.23. The van der Waals surface area contributed by atoms with Gasteiger partial charge in [0.15, 0.2) is 5.82 Å². The second kappa shape index (κ2) is 5.97. The molecular weight excluding hydrogens is 238 g/mol. The fourth-order valence-electron chi connectivity index (χ4n) is 3.02. The number of hydrogen-bond donors (Lipinski definition) is 1. The van der Waals surface area contributed by atoms with E-state index < -0.39 is 0 Å². The molecule has 2 rings (SSSR count). The zero-order valence-corrected chi connectivity index (χ0v) is 12.5. The number of nitrogens with zero attached hydrogens (tertiary/aromatic N) is 2. The predicted octanol–water partition coefficient (Wildman–Crippen LogP) is 2.62. The summed E-state index contributed by atoms with van der Waals surface area (Å²) in [7, 11) is 3.74. The number of hydrogen-bond acceptors (Lipinski definition) is 4. The first-order chi connectivity index (χ1) is 9.13. The van der Waals surface area contributed by atoms with Crippen LogP contribution in [0.5, 0.6) is 0 Å². The summed E-state index contributed by atoms with van der Waals surface area (Å²) in [6.45, 7) is 4.95. The summed E-state index contributed by atoms with van der Waals surface area (Å²) >= 11 is 0. The van der Waals surface area contributed by atoms with E-state index in [0.29, 0.717) is 0 Å². The number of aryl methyl sites for hydroxylation is 2. The maximum absolute atomic E-state index is 5.83. The minimum absolute atomic E-state index is 0.258. The average Bonchev–Trinajstić information content (AvgIpc) is 2.43. The van der Waals surface area contributed by atoms with Gasteiger partial charge < -0.3 is 10.1 Å². The molecule has 1 saturated carbocycles. The highest BCUT2D eigenvalue weighted by atomic mass is 16.5. The molecule has 0 saturated heterocycles. The van der Waals surface area contributed by atoms with Crippen molar-refractivity contribution in [1.82, 2.24) is 15.3 Å². The Hall–Kier alpha value is -1.00. The molecule has 1 aliphatic carbocycles. The van der Waals surface area contributed by atoms with E-state index in [-0.39, 0.29) is 5.60 Å². The van der Waals surface area contributed by atoms with Gasteiger partial charge in [-0.15, -0.1) is 0 Å². The van der Waals surface area contributed by atoms with E-state index in [1.165, 1.54) is 24.8 Å². The minimum atomic E-state index is -0.258. The summed E-state index contributed by atoms with van der Waals surface area (Å²) in [5.41, 5.74) is 3.08. The largest absolute Gasteiger partial charge is 0.370 e. The average molecular weight is 263 g/mol. The highest BCUT2D eigenvalue weighted by Crippen LogP contribution is 2.38. The molecule has 1 aromatic rings. The molecule has 1 aliphatic rings. The summed E-state index contributed by atoms with van der Waals surface area (Å²) in [5, 5.41) is 3.18. The van der Waals surface area contributed by atoms with E-state index in [1.807, 2.05) is 7.05 Å². The smallest absolute Gasteiger partial charge is 0.160 e. The van der Waals surface area contributed by atoms with Crippen LogP contribution >= 0.6 is 0 Å². The van der Waals surface area contributed by atoms with Crippen molar-refractivity contribution in [3.63, 3.8) is 0 Å². The summed E-state index contributed by atoms with van der Waals surface area (Å²) in [6, 6.07) is 0. The monoisotopic (exact) mass is 263 g/mol. The molecule has 0 aromatic carbocycles. The first kappa shape index (κ1) is 14.4. The van der Waals surface area contributed by atoms with Gasteiger partial charge in [-0.25, -0.2) is 9.97 Å². The van der Waals surface area contributed by atoms with Crippen molar-refractivity contribution in [3.05, 3.63) is 22.8 Å². The van der Waals surface area contributed by atoms with Crippen LogP contribution in [0.3, 0.4) is 0 Å². The number of methoxy groups -OCH3 is 1. The molecule has 0 spiro atoms. The topological polar surface area (TPSA) is 47.0 Å². The molecule has 106 valence electrons. The highest BCUT2D eigenvalue weighted by molar-refractivity contribution is 5.26. The van der Waals surface area contributed by atoms with Crippen LogP contribution in [0.1, 0.15) is 54.9 Å². The van der Waals surface area contributed by atoms with Crippen LogP contribution in [0.25, 0.3) is 0 Å². The Labute approximate surface area is 116 Å². The van der Waals surface area contributed by atoms with E-state index in [2.05, 4.69) is 19.2 Å². The van der Waals surface area contributed by atoms with Crippen molar-refractivity contribution in [2.45, 2.75) is 58.1 Å². The number of nitrogens with one attached hydrogen (secondary N) is 1. The van der Waals surface area contributed by atoms with E-state index >= 15 is 0 Å². The van der Waals surface area contributed by atoms with Gasteiger partial charge >= 0.3 is 0 Å². The second-order valence-corrected chi connectivity index (χ2v) is 5.49. The molecule has 1 fully saturated rings. The SMILES string of the molecule is CNCc1c(C)nc(C2(OC)CCCCC2)nc1C. The lowest BCUT2D eigenvalue weighted by molar-refractivity contribution is -0.0517. The molecule has 0 atom stereocenters. The Kier molecular flexibility index (Phi) is 4.53. The Morgan fingerprint density at radius 1 is 1.11 bits per heavy atom. The molecule has 0 bridgehead atoms. The molecule has 0 radical (unpaired) electrons. The Morgan fingerprint density at radius 2 is 1.68 bits per heavy atom. The van der Waals surface area contributed by atoms with Crippen LogP contribution in [0.2, 0.25) is 0 Å². The van der Waals surface area contributed by atoms with Crippen LogP contribution in [0.4, 0.5) is 0 Å². The lowest BCUT2D eigenvalue weighted by Crippen LogP contribution is -2.34. The van der Waals surface area contributed by atoms with Crippen LogP contribution < -0.4 is 5.32 Å². The standard InChI is InChI=1S/C15H25N3O/c1-11-13(10-16-3)12(2)18-14(17-11)15(19-4)8-6-5-7-9-15/h16H,5-10H2,1-4H3. The van der Waals surface area contributed by atoms with Crippen molar-refractivity contribution in [2.75, 3.05) is 14.2 Å². The van der Waals surface area contributed by atoms with Gasteiger partial charge in [0.05, 0.1) is 0 Å². The molecule has 1 heterocycles. The minimum Gasteiger partial charge on any atom is -0.370 e. The molecule has 4 nitrogen and oxygen atoms in total. The first-order valence-electron chi connectivity index (χ1n) is 7.17. The van der Waals surface area contributed by atoms with Crippen LogP contribution in [-0.4, -0.2) is 24.1 Å². The molecule has 4 heteroatoms. The van der Waals surface area contributed by atoms with E-state index in [4.69, 9.17) is 14.7 Å². The summed E-state index contributed by atoms with van der Waals surface area (Å²) in [6.07, 6.45) is 5.77. The number of aromatic nitrogens is 2. The van der Waals surface area contributed by atoms with Gasteiger partial charge in [0.25, 0.3) is 0 Å². The van der Waals surface area contributed by atoms with Gasteiger partial charge in [0, 0.05) is 30.6 Å². The molecule has 0 aliphatic heterocycles. The maximum Gasteiger partial charge on any atom is 0.160 e. The molecule has 19 heavy (non-hydrogen) atoms. The third kappa shape index (κ3) is 2.79. The number of ether oxygens (including phenoxy) is 1. The number of rotatable bonds is 4. The van der Waals surface area contributed by atoms with E-state index in [1.54, 1.807) is 7.11 Å². The van der Waals surface area contributed by atoms with Crippen LogP contribution in [-0.2, 0) is 16.9 Å². The fraction of sp³-hybridized carbons (Fsp3) is 0.733. The second-order valence-electron chi connectivity index (χ2n) is 5.49. The zero-order chi connectivity index (χ0) is 13.9.